The zero-order chi connectivity index (χ0) is 17.6. The molecule has 1 amide bonds. The van der Waals surface area contributed by atoms with E-state index in [1.807, 2.05) is 0 Å². The maximum absolute atomic E-state index is 13.2. The first kappa shape index (κ1) is 17.3. The molecule has 0 bridgehead atoms. The van der Waals surface area contributed by atoms with Crippen molar-refractivity contribution < 1.29 is 13.9 Å². The number of benzene rings is 1. The number of ether oxygens (including phenoxy) is 1. The predicted molar refractivity (Wildman–Crippen MR) is 91.6 cm³/mol. The van der Waals surface area contributed by atoms with Crippen LogP contribution >= 0.6 is 0 Å². The van der Waals surface area contributed by atoms with E-state index in [-0.39, 0.29) is 30.4 Å². The molecule has 1 saturated heterocycles. The molecule has 25 heavy (non-hydrogen) atoms. The SMILES string of the molecule is CN(CC(=O)NC(c1ccc(F)cc1)C1CCCO1)c1cnccn1. The van der Waals surface area contributed by atoms with E-state index in [9.17, 15) is 9.18 Å². The lowest BCUT2D eigenvalue weighted by Crippen LogP contribution is -2.41. The number of likely N-dealkylation sites (N-methyl/N-ethyl adjacent to an activating group) is 1. The maximum Gasteiger partial charge on any atom is 0.240 e. The minimum atomic E-state index is -0.302. The van der Waals surface area contributed by atoms with Crippen LogP contribution in [0.1, 0.15) is 24.4 Å². The van der Waals surface area contributed by atoms with Gasteiger partial charge >= 0.3 is 0 Å². The number of anilines is 1. The normalized spacial score (nSPS) is 17.9. The van der Waals surface area contributed by atoms with Crippen molar-refractivity contribution in [3.63, 3.8) is 0 Å². The summed E-state index contributed by atoms with van der Waals surface area (Å²) in [6.07, 6.45) is 6.48. The van der Waals surface area contributed by atoms with Crippen molar-refractivity contribution in [2.45, 2.75) is 25.0 Å². The van der Waals surface area contributed by atoms with E-state index in [0.717, 1.165) is 18.4 Å². The zero-order valence-electron chi connectivity index (χ0n) is 14.1. The number of amides is 1. The second-order valence-corrected chi connectivity index (χ2v) is 6.07. The number of rotatable bonds is 6. The van der Waals surface area contributed by atoms with Crippen LogP contribution in [0.15, 0.2) is 42.9 Å². The molecule has 1 fully saturated rings. The molecule has 3 rings (SSSR count). The van der Waals surface area contributed by atoms with Gasteiger partial charge in [-0.3, -0.25) is 9.78 Å². The summed E-state index contributed by atoms with van der Waals surface area (Å²) in [4.78, 5) is 22.4. The molecule has 2 heterocycles. The highest BCUT2D eigenvalue weighted by Crippen LogP contribution is 2.27. The molecule has 7 heteroatoms. The largest absolute Gasteiger partial charge is 0.376 e. The summed E-state index contributed by atoms with van der Waals surface area (Å²) < 4.78 is 19.0. The monoisotopic (exact) mass is 344 g/mol. The Morgan fingerprint density at radius 2 is 2.20 bits per heavy atom. The van der Waals surface area contributed by atoms with Gasteiger partial charge in [0.25, 0.3) is 0 Å². The van der Waals surface area contributed by atoms with Crippen molar-refractivity contribution in [2.75, 3.05) is 25.1 Å². The molecule has 1 aliphatic heterocycles. The van der Waals surface area contributed by atoms with Gasteiger partial charge < -0.3 is 15.0 Å². The first-order chi connectivity index (χ1) is 12.1. The van der Waals surface area contributed by atoms with Crippen molar-refractivity contribution in [3.8, 4) is 0 Å². The lowest BCUT2D eigenvalue weighted by molar-refractivity contribution is -0.121. The Labute approximate surface area is 146 Å². The Bertz CT molecular complexity index is 690. The van der Waals surface area contributed by atoms with Crippen molar-refractivity contribution in [1.29, 1.82) is 0 Å². The lowest BCUT2D eigenvalue weighted by Gasteiger charge is -2.26. The van der Waals surface area contributed by atoms with Crippen LogP contribution in [0.25, 0.3) is 0 Å². The highest BCUT2D eigenvalue weighted by Gasteiger charge is 2.29. The molecule has 2 aromatic rings. The van der Waals surface area contributed by atoms with Gasteiger partial charge in [-0.2, -0.15) is 0 Å². The van der Waals surface area contributed by atoms with Gasteiger partial charge in [-0.15, -0.1) is 0 Å². The fourth-order valence-electron chi connectivity index (χ4n) is 2.93. The Hall–Kier alpha value is -2.54. The number of nitrogens with zero attached hydrogens (tertiary/aromatic N) is 3. The van der Waals surface area contributed by atoms with Crippen LogP contribution in [0.4, 0.5) is 10.2 Å². The van der Waals surface area contributed by atoms with Gasteiger partial charge in [-0.25, -0.2) is 9.37 Å². The van der Waals surface area contributed by atoms with Crippen LogP contribution < -0.4 is 10.2 Å². The van der Waals surface area contributed by atoms with E-state index in [1.54, 1.807) is 42.7 Å². The van der Waals surface area contributed by atoms with Crippen molar-refractivity contribution in [2.24, 2.45) is 0 Å². The average Bonchev–Trinajstić information content (AvgIpc) is 3.15. The zero-order valence-corrected chi connectivity index (χ0v) is 14.1. The van der Waals surface area contributed by atoms with Gasteiger partial charge in [0.15, 0.2) is 0 Å². The lowest BCUT2D eigenvalue weighted by atomic mass is 9.99. The van der Waals surface area contributed by atoms with Crippen LogP contribution in [0.5, 0.6) is 0 Å². The van der Waals surface area contributed by atoms with E-state index >= 15 is 0 Å². The van der Waals surface area contributed by atoms with Crippen LogP contribution in [-0.2, 0) is 9.53 Å². The van der Waals surface area contributed by atoms with Crippen molar-refractivity contribution in [1.82, 2.24) is 15.3 Å². The first-order valence-corrected chi connectivity index (χ1v) is 8.27. The van der Waals surface area contributed by atoms with Crippen LogP contribution in [0.3, 0.4) is 0 Å². The van der Waals surface area contributed by atoms with Crippen molar-refractivity contribution in [3.05, 3.63) is 54.2 Å². The van der Waals surface area contributed by atoms with Gasteiger partial charge in [-0.1, -0.05) is 12.1 Å². The number of halogens is 1. The van der Waals surface area contributed by atoms with Crippen LogP contribution in [0, 0.1) is 5.82 Å². The number of carbonyl (C=O) groups excluding carboxylic acids is 1. The van der Waals surface area contributed by atoms with Gasteiger partial charge in [0.2, 0.25) is 5.91 Å². The Balaban J connectivity index is 1.69. The quantitative estimate of drug-likeness (QED) is 0.869. The van der Waals surface area contributed by atoms with E-state index < -0.39 is 0 Å². The summed E-state index contributed by atoms with van der Waals surface area (Å²) in [5.41, 5.74) is 0.837. The van der Waals surface area contributed by atoms with Crippen LogP contribution in [0.2, 0.25) is 0 Å². The minimum absolute atomic E-state index is 0.101. The van der Waals surface area contributed by atoms with Crippen LogP contribution in [-0.4, -0.2) is 42.2 Å². The highest BCUT2D eigenvalue weighted by atomic mass is 19.1. The summed E-state index contributed by atoms with van der Waals surface area (Å²) in [5.74, 6) is 0.162. The third kappa shape index (κ3) is 4.51. The molecule has 2 unspecified atom stereocenters. The fraction of sp³-hybridized carbons (Fsp3) is 0.389. The standard InChI is InChI=1S/C18H21FN4O2/c1-23(16-11-20-8-9-21-16)12-17(24)22-18(15-3-2-10-25-15)13-4-6-14(19)7-5-13/h4-9,11,15,18H,2-3,10,12H2,1H3,(H,22,24). The van der Waals surface area contributed by atoms with Gasteiger partial charge in [0.05, 0.1) is 24.9 Å². The van der Waals surface area contributed by atoms with E-state index in [2.05, 4.69) is 15.3 Å². The molecular weight excluding hydrogens is 323 g/mol. The van der Waals surface area contributed by atoms with Crippen molar-refractivity contribution >= 4 is 11.7 Å². The third-order valence-electron chi connectivity index (χ3n) is 4.20. The van der Waals surface area contributed by atoms with Gasteiger partial charge in [0, 0.05) is 26.0 Å². The molecular formula is C18H21FN4O2. The van der Waals surface area contributed by atoms with Gasteiger partial charge in [0.1, 0.15) is 11.6 Å². The first-order valence-electron chi connectivity index (χ1n) is 8.27. The van der Waals surface area contributed by atoms with E-state index in [4.69, 9.17) is 4.74 Å². The maximum atomic E-state index is 13.2. The highest BCUT2D eigenvalue weighted by molar-refractivity contribution is 5.81. The van der Waals surface area contributed by atoms with E-state index in [1.165, 1.54) is 12.1 Å². The second kappa shape index (κ2) is 8.02. The Kier molecular flexibility index (Phi) is 5.55. The molecule has 1 aromatic carbocycles. The number of nitrogens with one attached hydrogen (secondary N) is 1. The number of hydrogen-bond acceptors (Lipinski definition) is 5. The molecule has 0 aliphatic carbocycles. The number of aromatic nitrogens is 2. The molecule has 6 nitrogen and oxygen atoms in total. The topological polar surface area (TPSA) is 67.4 Å². The molecule has 1 aromatic heterocycles. The van der Waals surface area contributed by atoms with Gasteiger partial charge in [-0.05, 0) is 30.5 Å². The molecule has 1 N–H and O–H groups in total. The van der Waals surface area contributed by atoms with E-state index in [0.29, 0.717) is 12.4 Å². The smallest absolute Gasteiger partial charge is 0.240 e. The second-order valence-electron chi connectivity index (χ2n) is 6.07. The minimum Gasteiger partial charge on any atom is -0.376 e. The molecule has 1 aliphatic rings. The summed E-state index contributed by atoms with van der Waals surface area (Å²) in [7, 11) is 1.78. The fourth-order valence-corrected chi connectivity index (χ4v) is 2.93. The summed E-state index contributed by atoms with van der Waals surface area (Å²) in [6, 6.07) is 5.87. The third-order valence-corrected chi connectivity index (χ3v) is 4.20. The molecule has 0 radical (unpaired) electrons. The predicted octanol–water partition coefficient (Wildman–Crippen LogP) is 2.09. The number of carbonyl (C=O) groups is 1. The average molecular weight is 344 g/mol. The number of hydrogen-bond donors (Lipinski definition) is 1. The summed E-state index contributed by atoms with van der Waals surface area (Å²) >= 11 is 0. The molecule has 2 atom stereocenters. The Morgan fingerprint density at radius 1 is 1.40 bits per heavy atom. The summed E-state index contributed by atoms with van der Waals surface area (Å²) in [5, 5.41) is 3.02. The Morgan fingerprint density at radius 3 is 2.84 bits per heavy atom. The molecule has 0 saturated carbocycles. The summed E-state index contributed by atoms with van der Waals surface area (Å²) in [6.45, 7) is 0.820. The molecule has 132 valence electrons. The molecule has 0 spiro atoms.